The minimum Gasteiger partial charge on any atom is -0.438 e. The number of ether oxygens (including phenoxy) is 1. The number of hydrogen-bond donors (Lipinski definition) is 0. The summed E-state index contributed by atoms with van der Waals surface area (Å²) in [4.78, 5) is 2.37. The average Bonchev–Trinajstić information content (AvgIpc) is 2.82. The van der Waals surface area contributed by atoms with Crippen LogP contribution < -0.4 is 4.74 Å². The van der Waals surface area contributed by atoms with Gasteiger partial charge in [-0.1, -0.05) is 36.4 Å². The van der Waals surface area contributed by atoms with E-state index in [1.165, 1.54) is 16.7 Å². The molecule has 0 fully saturated rings. The molecule has 4 rings (SSSR count). The molecule has 2 heterocycles. The molecule has 2 aromatic carbocycles. The molecule has 0 bridgehead atoms. The molecule has 0 amide bonds. The van der Waals surface area contributed by atoms with Gasteiger partial charge in [0, 0.05) is 18.5 Å². The predicted molar refractivity (Wildman–Crippen MR) is 103 cm³/mol. The van der Waals surface area contributed by atoms with Crippen LogP contribution in [-0.2, 0) is 6.54 Å². The number of rotatable bonds is 3. The first-order chi connectivity index (χ1) is 12.7. The third kappa shape index (κ3) is 3.60. The van der Waals surface area contributed by atoms with Crippen molar-refractivity contribution in [3.63, 3.8) is 0 Å². The summed E-state index contributed by atoms with van der Waals surface area (Å²) in [6, 6.07) is 20.9. The topological polar surface area (TPSA) is 38.2 Å². The lowest BCUT2D eigenvalue weighted by molar-refractivity contribution is 0.328. The highest BCUT2D eigenvalue weighted by Crippen LogP contribution is 2.36. The van der Waals surface area contributed by atoms with E-state index in [1.807, 2.05) is 25.1 Å². The summed E-state index contributed by atoms with van der Waals surface area (Å²) in [6.07, 6.45) is 1.12. The zero-order valence-corrected chi connectivity index (χ0v) is 15.2. The lowest BCUT2D eigenvalue weighted by Gasteiger charge is -2.18. The molecular formula is C22H23N3O. The molecule has 4 heteroatoms. The standard InChI is InChI=1S/C22H23N3O/c1-16-8-11-22(24-23-16)26-19-9-10-20-18(14-19)15-25(2)13-12-21(20)17-6-4-3-5-7-17/h3-11,14,21H,12-13,15H2,1-2H3. The van der Waals surface area contributed by atoms with Crippen LogP contribution in [0.2, 0.25) is 0 Å². The molecule has 1 atom stereocenters. The van der Waals surface area contributed by atoms with Gasteiger partial charge in [-0.05, 0) is 61.8 Å². The monoisotopic (exact) mass is 345 g/mol. The van der Waals surface area contributed by atoms with Crippen molar-refractivity contribution in [1.82, 2.24) is 15.1 Å². The summed E-state index contributed by atoms with van der Waals surface area (Å²) in [5.41, 5.74) is 4.97. The van der Waals surface area contributed by atoms with Gasteiger partial charge in [0.1, 0.15) is 5.75 Å². The van der Waals surface area contributed by atoms with Crippen molar-refractivity contribution in [1.29, 1.82) is 0 Å². The van der Waals surface area contributed by atoms with Crippen LogP contribution in [0.1, 0.15) is 34.7 Å². The van der Waals surface area contributed by atoms with E-state index in [0.717, 1.165) is 31.0 Å². The van der Waals surface area contributed by atoms with Crippen LogP contribution in [0.25, 0.3) is 0 Å². The largest absolute Gasteiger partial charge is 0.438 e. The van der Waals surface area contributed by atoms with E-state index in [2.05, 4.69) is 64.6 Å². The maximum atomic E-state index is 5.92. The lowest BCUT2D eigenvalue weighted by Crippen LogP contribution is -2.17. The fourth-order valence-electron chi connectivity index (χ4n) is 3.59. The van der Waals surface area contributed by atoms with E-state index in [0.29, 0.717) is 11.8 Å². The molecule has 1 unspecified atom stereocenters. The predicted octanol–water partition coefficient (Wildman–Crippen LogP) is 4.54. The van der Waals surface area contributed by atoms with Gasteiger partial charge >= 0.3 is 0 Å². The van der Waals surface area contributed by atoms with Crippen LogP contribution in [0.5, 0.6) is 11.6 Å². The molecule has 1 aromatic heterocycles. The Morgan fingerprint density at radius 1 is 1.00 bits per heavy atom. The Morgan fingerprint density at radius 3 is 2.62 bits per heavy atom. The molecule has 0 spiro atoms. The Labute approximate surface area is 154 Å². The number of fused-ring (bicyclic) bond motifs is 1. The Hall–Kier alpha value is -2.72. The average molecular weight is 345 g/mol. The second-order valence-corrected chi connectivity index (χ2v) is 6.97. The highest BCUT2D eigenvalue weighted by atomic mass is 16.5. The van der Waals surface area contributed by atoms with Gasteiger partial charge in [-0.2, -0.15) is 5.10 Å². The minimum absolute atomic E-state index is 0.421. The zero-order chi connectivity index (χ0) is 17.9. The maximum absolute atomic E-state index is 5.92. The van der Waals surface area contributed by atoms with Crippen LogP contribution >= 0.6 is 0 Å². The number of nitrogens with zero attached hydrogens (tertiary/aromatic N) is 3. The minimum atomic E-state index is 0.421. The smallest absolute Gasteiger partial charge is 0.238 e. The summed E-state index contributed by atoms with van der Waals surface area (Å²) < 4.78 is 5.92. The van der Waals surface area contributed by atoms with Gasteiger partial charge in [0.15, 0.2) is 0 Å². The molecule has 132 valence electrons. The van der Waals surface area contributed by atoms with Gasteiger partial charge in [0.25, 0.3) is 0 Å². The fourth-order valence-corrected chi connectivity index (χ4v) is 3.59. The second kappa shape index (κ2) is 7.26. The summed E-state index contributed by atoms with van der Waals surface area (Å²) in [5, 5.41) is 8.16. The summed E-state index contributed by atoms with van der Waals surface area (Å²) in [6.45, 7) is 3.92. The highest BCUT2D eigenvalue weighted by molar-refractivity contribution is 5.43. The van der Waals surface area contributed by atoms with Gasteiger partial charge in [-0.15, -0.1) is 5.10 Å². The third-order valence-electron chi connectivity index (χ3n) is 4.93. The van der Waals surface area contributed by atoms with Gasteiger partial charge < -0.3 is 9.64 Å². The van der Waals surface area contributed by atoms with Crippen LogP contribution in [0.4, 0.5) is 0 Å². The molecule has 0 radical (unpaired) electrons. The van der Waals surface area contributed by atoms with Crippen LogP contribution in [0, 0.1) is 6.92 Å². The third-order valence-corrected chi connectivity index (χ3v) is 4.93. The van der Waals surface area contributed by atoms with Crippen molar-refractivity contribution in [3.05, 3.63) is 83.0 Å². The van der Waals surface area contributed by atoms with Gasteiger partial charge in [0.05, 0.1) is 5.69 Å². The number of aryl methyl sites for hydroxylation is 1. The van der Waals surface area contributed by atoms with Gasteiger partial charge in [-0.25, -0.2) is 0 Å². The normalized spacial score (nSPS) is 17.4. The van der Waals surface area contributed by atoms with E-state index in [4.69, 9.17) is 4.74 Å². The van der Waals surface area contributed by atoms with Crippen LogP contribution in [0.15, 0.2) is 60.7 Å². The zero-order valence-electron chi connectivity index (χ0n) is 15.2. The van der Waals surface area contributed by atoms with E-state index in [-0.39, 0.29) is 0 Å². The van der Waals surface area contributed by atoms with Crippen molar-refractivity contribution in [2.45, 2.75) is 25.8 Å². The SMILES string of the molecule is Cc1ccc(Oc2ccc3c(c2)CN(C)CCC3c2ccccc2)nn1. The molecule has 1 aliphatic rings. The number of aromatic nitrogens is 2. The second-order valence-electron chi connectivity index (χ2n) is 6.97. The van der Waals surface area contributed by atoms with E-state index < -0.39 is 0 Å². The number of benzene rings is 2. The first-order valence-corrected chi connectivity index (χ1v) is 9.03. The quantitative estimate of drug-likeness (QED) is 0.698. The molecule has 0 saturated carbocycles. The van der Waals surface area contributed by atoms with Crippen molar-refractivity contribution >= 4 is 0 Å². The number of hydrogen-bond acceptors (Lipinski definition) is 4. The van der Waals surface area contributed by atoms with Gasteiger partial charge in [0.2, 0.25) is 5.88 Å². The molecule has 0 saturated heterocycles. The van der Waals surface area contributed by atoms with Crippen molar-refractivity contribution in [2.24, 2.45) is 0 Å². The Bertz CT molecular complexity index is 878. The van der Waals surface area contributed by atoms with Crippen LogP contribution in [-0.4, -0.2) is 28.7 Å². The molecule has 3 aromatic rings. The first kappa shape index (κ1) is 16.7. The molecule has 0 aliphatic carbocycles. The molecule has 1 aliphatic heterocycles. The highest BCUT2D eigenvalue weighted by Gasteiger charge is 2.22. The van der Waals surface area contributed by atoms with Crippen molar-refractivity contribution < 1.29 is 4.74 Å². The summed E-state index contributed by atoms with van der Waals surface area (Å²) >= 11 is 0. The van der Waals surface area contributed by atoms with Crippen molar-refractivity contribution in [3.8, 4) is 11.6 Å². The molecular weight excluding hydrogens is 322 g/mol. The van der Waals surface area contributed by atoms with Crippen LogP contribution in [0.3, 0.4) is 0 Å². The van der Waals surface area contributed by atoms with E-state index in [9.17, 15) is 0 Å². The lowest BCUT2D eigenvalue weighted by atomic mass is 9.86. The van der Waals surface area contributed by atoms with Gasteiger partial charge in [-0.3, -0.25) is 0 Å². The summed E-state index contributed by atoms with van der Waals surface area (Å²) in [5.74, 6) is 1.76. The molecule has 0 N–H and O–H groups in total. The Morgan fingerprint density at radius 2 is 1.85 bits per heavy atom. The first-order valence-electron chi connectivity index (χ1n) is 9.03. The van der Waals surface area contributed by atoms with E-state index in [1.54, 1.807) is 0 Å². The Balaban J connectivity index is 1.67. The maximum Gasteiger partial charge on any atom is 0.238 e. The van der Waals surface area contributed by atoms with Crippen molar-refractivity contribution in [2.75, 3.05) is 13.6 Å². The molecule has 4 nitrogen and oxygen atoms in total. The summed E-state index contributed by atoms with van der Waals surface area (Å²) in [7, 11) is 2.18. The van der Waals surface area contributed by atoms with E-state index >= 15 is 0 Å². The Kier molecular flexibility index (Phi) is 4.67. The fraction of sp³-hybridized carbons (Fsp3) is 0.273. The molecule has 26 heavy (non-hydrogen) atoms.